The van der Waals surface area contributed by atoms with Crippen molar-refractivity contribution in [2.75, 3.05) is 12.3 Å². The van der Waals surface area contributed by atoms with Crippen molar-refractivity contribution in [2.45, 2.75) is 63.1 Å². The number of likely N-dealkylation sites (tertiary alicyclic amines) is 1. The van der Waals surface area contributed by atoms with Gasteiger partial charge >= 0.3 is 5.97 Å². The zero-order valence-electron chi connectivity index (χ0n) is 13.7. The van der Waals surface area contributed by atoms with E-state index in [9.17, 15) is 24.6 Å². The molecule has 0 unspecified atom stereocenters. The van der Waals surface area contributed by atoms with Crippen molar-refractivity contribution in [2.24, 2.45) is 5.92 Å². The van der Waals surface area contributed by atoms with Crippen LogP contribution in [0.4, 0.5) is 0 Å². The maximum Gasteiger partial charge on any atom is 0.326 e. The Balaban J connectivity index is 2.11. The summed E-state index contributed by atoms with van der Waals surface area (Å²) in [7, 11) is 0. The molecule has 2 amide bonds. The van der Waals surface area contributed by atoms with E-state index in [-0.39, 0.29) is 24.8 Å². The molecule has 24 heavy (non-hydrogen) atoms. The molecule has 0 aromatic heterocycles. The molecule has 0 spiro atoms. The molecule has 2 heterocycles. The van der Waals surface area contributed by atoms with Crippen LogP contribution in [-0.4, -0.2) is 63.4 Å². The fourth-order valence-electron chi connectivity index (χ4n) is 3.44. The lowest BCUT2D eigenvalue weighted by Crippen LogP contribution is -2.53. The van der Waals surface area contributed by atoms with E-state index in [2.05, 4.69) is 17.9 Å². The summed E-state index contributed by atoms with van der Waals surface area (Å²) in [5, 5.41) is 21.8. The van der Waals surface area contributed by atoms with Crippen molar-refractivity contribution >= 4 is 30.4 Å². The number of carboxylic acid groups (broad SMARTS) is 1. The van der Waals surface area contributed by atoms with E-state index >= 15 is 0 Å². The summed E-state index contributed by atoms with van der Waals surface area (Å²) in [6, 6.07) is -1.76. The minimum absolute atomic E-state index is 0.00182. The number of aliphatic hydroxyl groups is 1. The van der Waals surface area contributed by atoms with Crippen LogP contribution in [0.15, 0.2) is 0 Å². The van der Waals surface area contributed by atoms with Gasteiger partial charge in [-0.1, -0.05) is 25.7 Å². The number of carboxylic acids is 1. The number of nitrogens with one attached hydrogen (secondary N) is 1. The van der Waals surface area contributed by atoms with Gasteiger partial charge in [0.05, 0.1) is 6.10 Å². The van der Waals surface area contributed by atoms with Gasteiger partial charge in [0.1, 0.15) is 12.1 Å². The quantitative estimate of drug-likeness (QED) is 0.547. The van der Waals surface area contributed by atoms with E-state index in [0.29, 0.717) is 12.2 Å². The number of carbonyl (C=O) groups is 3. The summed E-state index contributed by atoms with van der Waals surface area (Å²) in [5.41, 5.74) is 0. The van der Waals surface area contributed by atoms with Crippen molar-refractivity contribution in [1.82, 2.24) is 10.2 Å². The Hall–Kier alpha value is -1.28. The van der Waals surface area contributed by atoms with Gasteiger partial charge in [0, 0.05) is 24.6 Å². The Morgan fingerprint density at radius 1 is 1.21 bits per heavy atom. The molecule has 136 valence electrons. The van der Waals surface area contributed by atoms with Crippen LogP contribution in [0.1, 0.15) is 44.9 Å². The van der Waals surface area contributed by atoms with E-state index in [1.807, 2.05) is 0 Å². The monoisotopic (exact) mass is 358 g/mol. The second-order valence-electron chi connectivity index (χ2n) is 6.67. The zero-order valence-corrected chi connectivity index (χ0v) is 14.6. The summed E-state index contributed by atoms with van der Waals surface area (Å²) in [5.74, 6) is -1.55. The van der Waals surface area contributed by atoms with Crippen LogP contribution in [0.2, 0.25) is 0 Å². The Bertz CT molecular complexity index is 487. The minimum atomic E-state index is -1.13. The van der Waals surface area contributed by atoms with Crippen molar-refractivity contribution in [1.29, 1.82) is 0 Å². The van der Waals surface area contributed by atoms with Crippen molar-refractivity contribution in [3.8, 4) is 0 Å². The number of hydrogen-bond donors (Lipinski definition) is 4. The van der Waals surface area contributed by atoms with Crippen LogP contribution in [-0.2, 0) is 14.4 Å². The first-order chi connectivity index (χ1) is 11.4. The summed E-state index contributed by atoms with van der Waals surface area (Å²) in [4.78, 5) is 37.7. The lowest BCUT2D eigenvalue weighted by Gasteiger charge is -2.29. The number of carbonyl (C=O) groups excluding carboxylic acids is 2. The fourth-order valence-corrected chi connectivity index (χ4v) is 3.79. The van der Waals surface area contributed by atoms with Crippen LogP contribution >= 0.6 is 12.6 Å². The normalized spacial score (nSPS) is 32.2. The van der Waals surface area contributed by atoms with Crippen LogP contribution in [0.3, 0.4) is 0 Å². The summed E-state index contributed by atoms with van der Waals surface area (Å²) < 4.78 is 0. The average Bonchev–Trinajstić information content (AvgIpc) is 2.94. The molecule has 2 aliphatic heterocycles. The molecule has 0 aromatic rings. The van der Waals surface area contributed by atoms with Crippen LogP contribution in [0, 0.1) is 5.92 Å². The molecule has 0 bridgehead atoms. The number of hydrogen-bond acceptors (Lipinski definition) is 5. The molecule has 8 heteroatoms. The van der Waals surface area contributed by atoms with Gasteiger partial charge in [-0.05, 0) is 12.8 Å². The van der Waals surface area contributed by atoms with Crippen LogP contribution < -0.4 is 5.32 Å². The molecule has 2 rings (SSSR count). The third kappa shape index (κ3) is 4.63. The van der Waals surface area contributed by atoms with Gasteiger partial charge in [0.25, 0.3) is 0 Å². The molecule has 2 fully saturated rings. The molecular formula is C16H26N2O5S. The molecule has 4 atom stereocenters. The molecule has 2 aliphatic rings. The highest BCUT2D eigenvalue weighted by atomic mass is 32.1. The van der Waals surface area contributed by atoms with E-state index in [1.165, 1.54) is 4.90 Å². The third-order valence-electron chi connectivity index (χ3n) is 4.85. The molecule has 0 aromatic carbocycles. The Morgan fingerprint density at radius 3 is 2.50 bits per heavy atom. The average molecular weight is 358 g/mol. The van der Waals surface area contributed by atoms with Crippen LogP contribution in [0.25, 0.3) is 0 Å². The highest BCUT2D eigenvalue weighted by Gasteiger charge is 2.41. The van der Waals surface area contributed by atoms with E-state index in [1.54, 1.807) is 0 Å². The maximum absolute atomic E-state index is 12.8. The highest BCUT2D eigenvalue weighted by molar-refractivity contribution is 7.80. The van der Waals surface area contributed by atoms with Gasteiger partial charge in [0.15, 0.2) is 0 Å². The topological polar surface area (TPSA) is 107 Å². The first-order valence-corrected chi connectivity index (χ1v) is 9.20. The smallest absolute Gasteiger partial charge is 0.326 e. The standard InChI is InChI=1S/C16H26N2O5S/c19-11-7-13(16(22)23)18(8-11)15(21)12-6-4-2-1-3-5-10(9-24)14(20)17-12/h10-13,19,24H,1-9H2,(H,17,20)(H,22,23)/t10-,11+,12-,13-/m0/s1. The first kappa shape index (κ1) is 19.1. The SMILES string of the molecule is O=C1N[C@H](C(=O)N2C[C@H](O)C[C@H]2C(=O)O)CCCCCC[C@H]1CS. The molecule has 0 saturated carbocycles. The van der Waals surface area contributed by atoms with Crippen molar-refractivity contribution in [3.05, 3.63) is 0 Å². The number of amides is 2. The number of rotatable bonds is 3. The largest absolute Gasteiger partial charge is 0.480 e. The number of aliphatic carboxylic acids is 1. The molecular weight excluding hydrogens is 332 g/mol. The van der Waals surface area contributed by atoms with E-state index in [0.717, 1.165) is 32.1 Å². The van der Waals surface area contributed by atoms with E-state index in [4.69, 9.17) is 0 Å². The minimum Gasteiger partial charge on any atom is -0.480 e. The third-order valence-corrected chi connectivity index (χ3v) is 5.29. The summed E-state index contributed by atoms with van der Waals surface area (Å²) in [6.45, 7) is -0.00182. The zero-order chi connectivity index (χ0) is 17.7. The second-order valence-corrected chi connectivity index (χ2v) is 7.03. The van der Waals surface area contributed by atoms with Gasteiger partial charge in [-0.3, -0.25) is 9.59 Å². The van der Waals surface area contributed by atoms with Gasteiger partial charge < -0.3 is 20.4 Å². The first-order valence-electron chi connectivity index (χ1n) is 8.56. The lowest BCUT2D eigenvalue weighted by molar-refractivity contribution is -0.149. The molecule has 0 aliphatic carbocycles. The molecule has 3 N–H and O–H groups in total. The molecule has 7 nitrogen and oxygen atoms in total. The van der Waals surface area contributed by atoms with Gasteiger partial charge in [-0.2, -0.15) is 12.6 Å². The van der Waals surface area contributed by atoms with Crippen LogP contribution in [0.5, 0.6) is 0 Å². The predicted octanol–water partition coefficient (Wildman–Crippen LogP) is 0.418. The Morgan fingerprint density at radius 2 is 1.88 bits per heavy atom. The number of β-amino-alcohol motifs (C(OH)–C–C–N with tert-alkyl or cyclic N) is 1. The summed E-state index contributed by atoms with van der Waals surface area (Å²) >= 11 is 4.22. The fraction of sp³-hybridized carbons (Fsp3) is 0.812. The van der Waals surface area contributed by atoms with Gasteiger partial charge in [0.2, 0.25) is 11.8 Å². The van der Waals surface area contributed by atoms with Crippen molar-refractivity contribution < 1.29 is 24.6 Å². The molecule has 2 saturated heterocycles. The number of nitrogens with zero attached hydrogens (tertiary/aromatic N) is 1. The summed E-state index contributed by atoms with van der Waals surface area (Å²) in [6.07, 6.45) is 4.19. The van der Waals surface area contributed by atoms with Gasteiger partial charge in [-0.25, -0.2) is 4.79 Å². The Kier molecular flexibility index (Phi) is 6.91. The van der Waals surface area contributed by atoms with Gasteiger partial charge in [-0.15, -0.1) is 0 Å². The second kappa shape index (κ2) is 8.71. The van der Waals surface area contributed by atoms with Crippen molar-refractivity contribution in [3.63, 3.8) is 0 Å². The molecule has 0 radical (unpaired) electrons. The number of aliphatic hydroxyl groups excluding tert-OH is 1. The number of thiol groups is 1. The lowest BCUT2D eigenvalue weighted by atomic mass is 9.97. The predicted molar refractivity (Wildman–Crippen MR) is 90.7 cm³/mol. The van der Waals surface area contributed by atoms with E-state index < -0.39 is 30.1 Å². The highest BCUT2D eigenvalue weighted by Crippen LogP contribution is 2.22. The maximum atomic E-state index is 12.8. The Labute approximate surface area is 147 Å².